The van der Waals surface area contributed by atoms with Gasteiger partial charge in [0.15, 0.2) is 0 Å². The molecule has 0 saturated carbocycles. The molecule has 3 heteroatoms. The topological polar surface area (TPSA) is 21.3 Å². The van der Waals surface area contributed by atoms with E-state index in [2.05, 4.69) is 62.1 Å². The van der Waals surface area contributed by atoms with Crippen molar-refractivity contribution in [3.8, 4) is 5.75 Å². The number of hydrogen-bond donors (Lipinski definition) is 1. The molecule has 0 aliphatic carbocycles. The van der Waals surface area contributed by atoms with Crippen molar-refractivity contribution >= 4 is 11.8 Å². The number of rotatable bonds is 6. The standard InChI is InChI=1S/C16H25NOS/c1-12(2)18-16-6-4-15(5-7-16)13(3)17-10-14-8-9-19-11-14/h4-7,12-14,17H,8-11H2,1-3H3. The Balaban J connectivity index is 1.82. The average molecular weight is 279 g/mol. The first-order valence-corrected chi connectivity index (χ1v) is 8.38. The Hall–Kier alpha value is -0.670. The van der Waals surface area contributed by atoms with Gasteiger partial charge in [0.05, 0.1) is 6.10 Å². The Morgan fingerprint density at radius 1 is 1.26 bits per heavy atom. The van der Waals surface area contributed by atoms with Gasteiger partial charge in [0.25, 0.3) is 0 Å². The van der Waals surface area contributed by atoms with Crippen molar-refractivity contribution in [1.82, 2.24) is 5.32 Å². The highest BCUT2D eigenvalue weighted by Crippen LogP contribution is 2.24. The summed E-state index contributed by atoms with van der Waals surface area (Å²) >= 11 is 2.08. The number of ether oxygens (including phenoxy) is 1. The van der Waals surface area contributed by atoms with E-state index in [0.717, 1.165) is 18.2 Å². The third-order valence-corrected chi connectivity index (χ3v) is 4.72. The van der Waals surface area contributed by atoms with E-state index in [1.165, 1.54) is 23.5 Å². The van der Waals surface area contributed by atoms with Crippen LogP contribution in [0.25, 0.3) is 0 Å². The first-order valence-electron chi connectivity index (χ1n) is 7.23. The molecule has 19 heavy (non-hydrogen) atoms. The molecule has 1 fully saturated rings. The van der Waals surface area contributed by atoms with Crippen molar-refractivity contribution in [3.63, 3.8) is 0 Å². The lowest BCUT2D eigenvalue weighted by Gasteiger charge is -2.18. The summed E-state index contributed by atoms with van der Waals surface area (Å²) in [6.07, 6.45) is 1.60. The van der Waals surface area contributed by atoms with Gasteiger partial charge in [-0.3, -0.25) is 0 Å². The SMILES string of the molecule is CC(C)Oc1ccc(C(C)NCC2CCSC2)cc1. The van der Waals surface area contributed by atoms with Gasteiger partial charge < -0.3 is 10.1 Å². The second-order valence-corrected chi connectivity index (χ2v) is 6.75. The molecule has 1 N–H and O–H groups in total. The van der Waals surface area contributed by atoms with E-state index in [1.54, 1.807) is 0 Å². The van der Waals surface area contributed by atoms with Crippen molar-refractivity contribution in [2.24, 2.45) is 5.92 Å². The van der Waals surface area contributed by atoms with E-state index in [1.807, 2.05) is 0 Å². The maximum absolute atomic E-state index is 5.67. The molecule has 106 valence electrons. The fraction of sp³-hybridized carbons (Fsp3) is 0.625. The van der Waals surface area contributed by atoms with Gasteiger partial charge in [-0.25, -0.2) is 0 Å². The molecule has 0 amide bonds. The fourth-order valence-corrected chi connectivity index (χ4v) is 3.60. The first kappa shape index (κ1) is 14.7. The molecule has 0 bridgehead atoms. The average Bonchev–Trinajstić information content (AvgIpc) is 2.89. The summed E-state index contributed by atoms with van der Waals surface area (Å²) in [5.41, 5.74) is 1.33. The molecule has 2 rings (SSSR count). The van der Waals surface area contributed by atoms with E-state index < -0.39 is 0 Å². The minimum absolute atomic E-state index is 0.237. The molecule has 1 saturated heterocycles. The summed E-state index contributed by atoms with van der Waals surface area (Å²) in [6, 6.07) is 8.88. The molecule has 0 radical (unpaired) electrons. The van der Waals surface area contributed by atoms with Crippen molar-refractivity contribution < 1.29 is 4.74 Å². The maximum atomic E-state index is 5.67. The van der Waals surface area contributed by atoms with Crippen LogP contribution in [0.2, 0.25) is 0 Å². The van der Waals surface area contributed by atoms with Crippen molar-refractivity contribution in [1.29, 1.82) is 0 Å². The molecule has 0 aromatic heterocycles. The van der Waals surface area contributed by atoms with Crippen LogP contribution in [-0.2, 0) is 0 Å². The van der Waals surface area contributed by atoms with Gasteiger partial charge in [-0.15, -0.1) is 0 Å². The summed E-state index contributed by atoms with van der Waals surface area (Å²) in [4.78, 5) is 0. The van der Waals surface area contributed by atoms with Crippen molar-refractivity contribution in [2.45, 2.75) is 39.3 Å². The molecule has 0 spiro atoms. The van der Waals surface area contributed by atoms with Crippen LogP contribution >= 0.6 is 11.8 Å². The minimum atomic E-state index is 0.237. The summed E-state index contributed by atoms with van der Waals surface area (Å²) in [6.45, 7) is 7.48. The van der Waals surface area contributed by atoms with Crippen molar-refractivity contribution in [3.05, 3.63) is 29.8 Å². The normalized spacial score (nSPS) is 20.7. The van der Waals surface area contributed by atoms with E-state index in [4.69, 9.17) is 4.74 Å². The quantitative estimate of drug-likeness (QED) is 0.854. The largest absolute Gasteiger partial charge is 0.491 e. The zero-order chi connectivity index (χ0) is 13.7. The number of nitrogens with one attached hydrogen (secondary N) is 1. The van der Waals surface area contributed by atoms with Gasteiger partial charge in [-0.2, -0.15) is 11.8 Å². The van der Waals surface area contributed by atoms with E-state index in [0.29, 0.717) is 6.04 Å². The Bertz CT molecular complexity index is 371. The summed E-state index contributed by atoms with van der Waals surface area (Å²) in [5.74, 6) is 4.47. The molecule has 2 atom stereocenters. The fourth-order valence-electron chi connectivity index (χ4n) is 2.31. The highest BCUT2D eigenvalue weighted by Gasteiger charge is 2.16. The zero-order valence-corrected chi connectivity index (χ0v) is 13.0. The van der Waals surface area contributed by atoms with Gasteiger partial charge in [0.1, 0.15) is 5.75 Å². The van der Waals surface area contributed by atoms with Gasteiger partial charge in [-0.1, -0.05) is 12.1 Å². The molecule has 1 heterocycles. The van der Waals surface area contributed by atoms with Gasteiger partial charge in [0, 0.05) is 6.04 Å². The van der Waals surface area contributed by atoms with E-state index in [-0.39, 0.29) is 6.10 Å². The molecular weight excluding hydrogens is 254 g/mol. The maximum Gasteiger partial charge on any atom is 0.119 e. The smallest absolute Gasteiger partial charge is 0.119 e. The number of hydrogen-bond acceptors (Lipinski definition) is 3. The molecule has 2 nitrogen and oxygen atoms in total. The van der Waals surface area contributed by atoms with Gasteiger partial charge in [0.2, 0.25) is 0 Å². The second-order valence-electron chi connectivity index (χ2n) is 5.60. The van der Waals surface area contributed by atoms with Gasteiger partial charge >= 0.3 is 0 Å². The summed E-state index contributed by atoms with van der Waals surface area (Å²) < 4.78 is 5.67. The number of benzene rings is 1. The Morgan fingerprint density at radius 3 is 2.58 bits per heavy atom. The van der Waals surface area contributed by atoms with Crippen LogP contribution in [0, 0.1) is 5.92 Å². The van der Waals surface area contributed by atoms with Crippen LogP contribution in [0.3, 0.4) is 0 Å². The molecule has 1 aromatic rings. The third kappa shape index (κ3) is 4.73. The third-order valence-electron chi connectivity index (χ3n) is 3.49. The minimum Gasteiger partial charge on any atom is -0.491 e. The molecule has 1 aliphatic heterocycles. The monoisotopic (exact) mass is 279 g/mol. The van der Waals surface area contributed by atoms with Crippen molar-refractivity contribution in [2.75, 3.05) is 18.1 Å². The number of thioether (sulfide) groups is 1. The van der Waals surface area contributed by atoms with Gasteiger partial charge in [-0.05, 0) is 68.9 Å². The van der Waals surface area contributed by atoms with Crippen LogP contribution < -0.4 is 10.1 Å². The van der Waals surface area contributed by atoms with Crippen LogP contribution in [0.5, 0.6) is 5.75 Å². The van der Waals surface area contributed by atoms with E-state index in [9.17, 15) is 0 Å². The molecular formula is C16H25NOS. The van der Waals surface area contributed by atoms with Crippen LogP contribution in [-0.4, -0.2) is 24.2 Å². The predicted molar refractivity (Wildman–Crippen MR) is 84.1 cm³/mol. The lowest BCUT2D eigenvalue weighted by atomic mass is 10.1. The van der Waals surface area contributed by atoms with Crippen LogP contribution in [0.4, 0.5) is 0 Å². The molecule has 1 aromatic carbocycles. The molecule has 2 unspecified atom stereocenters. The first-order chi connectivity index (χ1) is 9.15. The lowest BCUT2D eigenvalue weighted by Crippen LogP contribution is -2.25. The zero-order valence-electron chi connectivity index (χ0n) is 12.2. The van der Waals surface area contributed by atoms with Crippen LogP contribution in [0.1, 0.15) is 38.8 Å². The Morgan fingerprint density at radius 2 is 2.00 bits per heavy atom. The summed E-state index contributed by atoms with van der Waals surface area (Å²) in [7, 11) is 0. The second kappa shape index (κ2) is 7.20. The highest BCUT2D eigenvalue weighted by atomic mass is 32.2. The van der Waals surface area contributed by atoms with E-state index >= 15 is 0 Å². The highest BCUT2D eigenvalue weighted by molar-refractivity contribution is 7.99. The Kier molecular flexibility index (Phi) is 5.59. The predicted octanol–water partition coefficient (Wildman–Crippen LogP) is 3.88. The van der Waals surface area contributed by atoms with Crippen LogP contribution in [0.15, 0.2) is 24.3 Å². The Labute approximate surface area is 121 Å². The lowest BCUT2D eigenvalue weighted by molar-refractivity contribution is 0.242. The molecule has 1 aliphatic rings. The summed E-state index contributed by atoms with van der Waals surface area (Å²) in [5, 5.41) is 3.65.